The summed E-state index contributed by atoms with van der Waals surface area (Å²) in [5.74, 6) is 0. The molecule has 0 fully saturated rings. The molecule has 2 radical (unpaired) electrons. The predicted molar refractivity (Wildman–Crippen MR) is 11.3 cm³/mol. The van der Waals surface area contributed by atoms with Crippen molar-refractivity contribution in [1.29, 1.82) is 0 Å². The minimum Gasteiger partial charge on any atom is -0.0149 e. The fourth-order valence-corrected chi connectivity index (χ4v) is 0. The van der Waals surface area contributed by atoms with E-state index in [1.165, 1.54) is 0 Å². The van der Waals surface area contributed by atoms with Crippen LogP contribution in [0.25, 0.3) is 0 Å². The van der Waals surface area contributed by atoms with Crippen molar-refractivity contribution in [2.45, 2.75) is 0 Å². The summed E-state index contributed by atoms with van der Waals surface area (Å²) in [5.41, 5.74) is 0. The first kappa shape index (κ1) is 37.8. The fourth-order valence-electron chi connectivity index (χ4n) is 0. The molecule has 0 spiro atoms. The second kappa shape index (κ2) is 20.1. The summed E-state index contributed by atoms with van der Waals surface area (Å²) in [5, 5.41) is 0. The van der Waals surface area contributed by atoms with Crippen molar-refractivity contribution in [1.82, 2.24) is 0 Å². The third-order valence-corrected chi connectivity index (χ3v) is 0. The van der Waals surface area contributed by atoms with E-state index in [0.29, 0.717) is 0 Å². The first-order chi connectivity index (χ1) is 0. The Morgan fingerprint density at radius 1 is 1.00 bits per heavy atom. The van der Waals surface area contributed by atoms with Crippen LogP contribution in [0.1, 0.15) is 0 Å². The molecule has 30 valence electrons. The molecule has 0 heterocycles. The van der Waals surface area contributed by atoms with E-state index < -0.39 is 0 Å². The van der Waals surface area contributed by atoms with Crippen molar-refractivity contribution < 1.29 is 56.2 Å². The SMILES string of the molecule is [Co].[Fe].[Nb].[SiH4]. The third-order valence-electron chi connectivity index (χ3n) is 0. The third kappa shape index (κ3) is 9.01. The van der Waals surface area contributed by atoms with E-state index in [1.54, 1.807) is 0 Å². The normalized spacial score (nSPS) is 0. The summed E-state index contributed by atoms with van der Waals surface area (Å²) in [7, 11) is 0. The van der Waals surface area contributed by atoms with Gasteiger partial charge in [-0.3, -0.25) is 0 Å². The van der Waals surface area contributed by atoms with Gasteiger partial charge in [0.25, 0.3) is 0 Å². The van der Waals surface area contributed by atoms with Gasteiger partial charge in [-0.05, 0) is 11.0 Å². The van der Waals surface area contributed by atoms with Crippen LogP contribution in [0.15, 0.2) is 0 Å². The van der Waals surface area contributed by atoms with E-state index in [2.05, 4.69) is 0 Å². The van der Waals surface area contributed by atoms with Crippen LogP contribution in [0.5, 0.6) is 0 Å². The van der Waals surface area contributed by atoms with Gasteiger partial charge in [-0.2, -0.15) is 0 Å². The van der Waals surface area contributed by atoms with Crippen molar-refractivity contribution >= 4 is 11.0 Å². The Bertz CT molecular complexity index is 8.00. The van der Waals surface area contributed by atoms with Crippen molar-refractivity contribution in [3.8, 4) is 0 Å². The van der Waals surface area contributed by atoms with Gasteiger partial charge in [-0.15, -0.1) is 0 Å². The largest absolute Gasteiger partial charge is 0.0149 e. The molecule has 0 amide bonds. The standard InChI is InChI=1S/Co.Fe.Nb.H4Si/h;;;1H4. The minimum absolute atomic E-state index is 0. The van der Waals surface area contributed by atoms with Gasteiger partial charge in [-0.1, -0.05) is 0 Å². The van der Waals surface area contributed by atoms with Crippen LogP contribution in [0.3, 0.4) is 0 Å². The molecule has 0 nitrogen and oxygen atoms in total. The molecule has 0 aromatic carbocycles. The molecule has 0 aromatic rings. The summed E-state index contributed by atoms with van der Waals surface area (Å²) >= 11 is 0. The smallest absolute Gasteiger partial charge is 0 e. The van der Waals surface area contributed by atoms with E-state index >= 15 is 0 Å². The van der Waals surface area contributed by atoms with E-state index in [9.17, 15) is 0 Å². The number of hydrogen-bond acceptors (Lipinski definition) is 0. The molecule has 0 saturated heterocycles. The Balaban J connectivity index is 0. The predicted octanol–water partition coefficient (Wildman–Crippen LogP) is -1.46. The molecule has 0 aliphatic carbocycles. The van der Waals surface area contributed by atoms with E-state index in [4.69, 9.17) is 0 Å². The van der Waals surface area contributed by atoms with Crippen LogP contribution in [0.2, 0.25) is 0 Å². The van der Waals surface area contributed by atoms with Gasteiger partial charge in [0, 0.05) is 56.2 Å². The van der Waals surface area contributed by atoms with Crippen LogP contribution in [-0.2, 0) is 56.2 Å². The maximum absolute atomic E-state index is 0. The van der Waals surface area contributed by atoms with Crippen molar-refractivity contribution in [2.24, 2.45) is 0 Å². The minimum atomic E-state index is 0. The molecule has 0 atom stereocenters. The van der Waals surface area contributed by atoms with Gasteiger partial charge < -0.3 is 0 Å². The van der Waals surface area contributed by atoms with E-state index in [1.807, 2.05) is 0 Å². The van der Waals surface area contributed by atoms with Crippen LogP contribution in [-0.4, -0.2) is 11.0 Å². The van der Waals surface area contributed by atoms with Gasteiger partial charge in [0.2, 0.25) is 0 Å². The van der Waals surface area contributed by atoms with Gasteiger partial charge in [0.15, 0.2) is 0 Å². The Morgan fingerprint density at radius 2 is 1.00 bits per heavy atom. The summed E-state index contributed by atoms with van der Waals surface area (Å²) in [4.78, 5) is 0. The average molecular weight is 240 g/mol. The quantitative estimate of drug-likeness (QED) is 0.454. The summed E-state index contributed by atoms with van der Waals surface area (Å²) in [6, 6.07) is 0. The zero-order valence-corrected chi connectivity index (χ0v) is 5.48. The van der Waals surface area contributed by atoms with Crippen LogP contribution < -0.4 is 0 Å². The van der Waals surface area contributed by atoms with Crippen LogP contribution in [0.4, 0.5) is 0 Å². The van der Waals surface area contributed by atoms with Crippen molar-refractivity contribution in [3.05, 3.63) is 0 Å². The second-order valence-corrected chi connectivity index (χ2v) is 0. The molecule has 0 bridgehead atoms. The first-order valence-corrected chi connectivity index (χ1v) is 0. The van der Waals surface area contributed by atoms with Gasteiger partial charge in [-0.25, -0.2) is 0 Å². The molecule has 0 aliphatic heterocycles. The topological polar surface area (TPSA) is 0 Å². The zero-order chi connectivity index (χ0) is 0. The first-order valence-electron chi connectivity index (χ1n) is 0. The maximum atomic E-state index is 0. The van der Waals surface area contributed by atoms with Gasteiger partial charge in [0.05, 0.1) is 0 Å². The maximum Gasteiger partial charge on any atom is 0 e. The van der Waals surface area contributed by atoms with Gasteiger partial charge in [0.1, 0.15) is 0 Å². The zero-order valence-electron chi connectivity index (χ0n) is 1.13. The van der Waals surface area contributed by atoms with E-state index in [0.717, 1.165) is 0 Å². The second-order valence-electron chi connectivity index (χ2n) is 0. The molecule has 0 unspecified atom stereocenters. The molecule has 4 heavy (non-hydrogen) atoms. The van der Waals surface area contributed by atoms with Crippen molar-refractivity contribution in [3.63, 3.8) is 0 Å². The van der Waals surface area contributed by atoms with Gasteiger partial charge >= 0.3 is 0 Å². The summed E-state index contributed by atoms with van der Waals surface area (Å²) in [6.07, 6.45) is 0. The van der Waals surface area contributed by atoms with E-state index in [-0.39, 0.29) is 67.2 Å². The van der Waals surface area contributed by atoms with Crippen LogP contribution in [0, 0.1) is 0 Å². The summed E-state index contributed by atoms with van der Waals surface area (Å²) < 4.78 is 0. The summed E-state index contributed by atoms with van der Waals surface area (Å²) in [6.45, 7) is 0. The van der Waals surface area contributed by atoms with Crippen LogP contribution >= 0.6 is 0 Å². The molecular weight excluding hydrogens is 236 g/mol. The average Bonchev–Trinajstić information content (AvgIpc) is 0. The molecule has 4 heteroatoms. The number of rotatable bonds is 0. The molecule has 0 rings (SSSR count). The Morgan fingerprint density at radius 3 is 1.00 bits per heavy atom. The Kier molecular flexibility index (Phi) is 190. The molecule has 0 aromatic heterocycles. The molecular formula is H4CoFeNbSi. The Labute approximate surface area is 66.7 Å². The molecule has 0 N–H and O–H groups in total. The fraction of sp³-hybridized carbons (Fsp3) is 0. The molecule has 0 saturated carbocycles. The Hall–Kier alpha value is 1.98. The monoisotopic (exact) mass is 240 g/mol. The molecule has 0 aliphatic rings. The number of hydrogen-bond donors (Lipinski definition) is 0. The van der Waals surface area contributed by atoms with Crippen molar-refractivity contribution in [2.75, 3.05) is 0 Å².